The smallest absolute Gasteiger partial charge is 0.307 e. The van der Waals surface area contributed by atoms with Gasteiger partial charge in [0.2, 0.25) is 0 Å². The van der Waals surface area contributed by atoms with Crippen LogP contribution in [0.5, 0.6) is 0 Å². The quantitative estimate of drug-likeness (QED) is 0.710. The molecule has 0 amide bonds. The lowest BCUT2D eigenvalue weighted by Crippen LogP contribution is -2.47. The average molecular weight is 257 g/mol. The van der Waals surface area contributed by atoms with E-state index in [2.05, 4.69) is 28.7 Å². The average Bonchev–Trinajstić information content (AvgIpc) is 2.35. The number of hydrogen-bond donors (Lipinski definition) is 1. The molecule has 0 aromatic rings. The van der Waals surface area contributed by atoms with Crippen LogP contribution in [0.4, 0.5) is 0 Å². The summed E-state index contributed by atoms with van der Waals surface area (Å²) >= 11 is 0. The molecule has 5 heteroatoms. The Balaban J connectivity index is 2.24. The van der Waals surface area contributed by atoms with Gasteiger partial charge in [-0.1, -0.05) is 13.8 Å². The highest BCUT2D eigenvalue weighted by Crippen LogP contribution is 2.03. The molecule has 1 aliphatic rings. The molecular formula is C13H27N3O2. The summed E-state index contributed by atoms with van der Waals surface area (Å²) in [5, 5.41) is 8.93. The topological polar surface area (TPSA) is 47.0 Å². The summed E-state index contributed by atoms with van der Waals surface area (Å²) in [6.07, 6.45) is 0. The first-order valence-corrected chi connectivity index (χ1v) is 6.89. The first kappa shape index (κ1) is 15.4. The summed E-state index contributed by atoms with van der Waals surface area (Å²) in [6.45, 7) is 12.0. The summed E-state index contributed by atoms with van der Waals surface area (Å²) < 4.78 is 0. The van der Waals surface area contributed by atoms with Crippen LogP contribution in [0.3, 0.4) is 0 Å². The van der Waals surface area contributed by atoms with Gasteiger partial charge in [-0.15, -0.1) is 0 Å². The predicted octanol–water partition coefficient (Wildman–Crippen LogP) is 0.276. The fourth-order valence-corrected chi connectivity index (χ4v) is 2.20. The molecule has 18 heavy (non-hydrogen) atoms. The summed E-state index contributed by atoms with van der Waals surface area (Å²) in [4.78, 5) is 17.9. The molecule has 1 heterocycles. The third-order valence-electron chi connectivity index (χ3n) is 3.73. The molecule has 0 aliphatic carbocycles. The van der Waals surface area contributed by atoms with Crippen molar-refractivity contribution in [3.05, 3.63) is 0 Å². The maximum Gasteiger partial charge on any atom is 0.307 e. The van der Waals surface area contributed by atoms with Crippen LogP contribution >= 0.6 is 0 Å². The van der Waals surface area contributed by atoms with Gasteiger partial charge in [0.05, 0.1) is 5.92 Å². The number of carboxylic acid groups (broad SMARTS) is 1. The number of aliphatic carboxylic acids is 1. The molecule has 0 aromatic heterocycles. The highest BCUT2D eigenvalue weighted by molar-refractivity contribution is 5.69. The molecule has 1 fully saturated rings. The molecule has 1 unspecified atom stereocenters. The van der Waals surface area contributed by atoms with Gasteiger partial charge in [0, 0.05) is 45.8 Å². The Morgan fingerprint density at radius 1 is 1.33 bits per heavy atom. The van der Waals surface area contributed by atoms with E-state index in [9.17, 15) is 4.79 Å². The van der Waals surface area contributed by atoms with Gasteiger partial charge in [0.15, 0.2) is 0 Å². The second-order valence-electron chi connectivity index (χ2n) is 5.28. The van der Waals surface area contributed by atoms with Crippen LogP contribution in [0, 0.1) is 5.92 Å². The van der Waals surface area contributed by atoms with E-state index in [0.717, 1.165) is 45.8 Å². The molecule has 0 radical (unpaired) electrons. The SMILES string of the molecule is CCN(CCN1CCN(C)CC1)CC(C)C(=O)O. The summed E-state index contributed by atoms with van der Waals surface area (Å²) in [5.41, 5.74) is 0. The van der Waals surface area contributed by atoms with E-state index in [4.69, 9.17) is 5.11 Å². The standard InChI is InChI=1S/C13H27N3O2/c1-4-15(11-12(2)13(17)18)9-10-16-7-5-14(3)6-8-16/h12H,4-11H2,1-3H3,(H,17,18). The van der Waals surface area contributed by atoms with Crippen molar-refractivity contribution in [2.24, 2.45) is 5.92 Å². The lowest BCUT2D eigenvalue weighted by atomic mass is 10.1. The number of carboxylic acids is 1. The number of hydrogen-bond acceptors (Lipinski definition) is 4. The van der Waals surface area contributed by atoms with Crippen molar-refractivity contribution >= 4 is 5.97 Å². The van der Waals surface area contributed by atoms with Crippen LogP contribution in [0.2, 0.25) is 0 Å². The van der Waals surface area contributed by atoms with E-state index in [1.807, 2.05) is 0 Å². The van der Waals surface area contributed by atoms with Crippen molar-refractivity contribution in [1.29, 1.82) is 0 Å². The van der Waals surface area contributed by atoms with Crippen molar-refractivity contribution in [2.45, 2.75) is 13.8 Å². The van der Waals surface area contributed by atoms with Crippen LogP contribution in [0.25, 0.3) is 0 Å². The Morgan fingerprint density at radius 3 is 2.44 bits per heavy atom. The minimum Gasteiger partial charge on any atom is -0.481 e. The summed E-state index contributed by atoms with van der Waals surface area (Å²) in [6, 6.07) is 0. The second kappa shape index (κ2) is 7.71. The Hall–Kier alpha value is -0.650. The monoisotopic (exact) mass is 257 g/mol. The third-order valence-corrected chi connectivity index (χ3v) is 3.73. The molecule has 0 bridgehead atoms. The predicted molar refractivity (Wildman–Crippen MR) is 72.9 cm³/mol. The number of nitrogens with zero attached hydrogens (tertiary/aromatic N) is 3. The maximum absolute atomic E-state index is 10.9. The van der Waals surface area contributed by atoms with Crippen LogP contribution in [-0.4, -0.2) is 85.2 Å². The molecule has 0 aromatic carbocycles. The molecule has 0 saturated carbocycles. The van der Waals surface area contributed by atoms with Crippen molar-refractivity contribution in [2.75, 3.05) is 59.4 Å². The number of piperazine rings is 1. The van der Waals surface area contributed by atoms with Gasteiger partial charge >= 0.3 is 5.97 Å². The van der Waals surface area contributed by atoms with Gasteiger partial charge in [-0.05, 0) is 13.6 Å². The molecule has 1 aliphatic heterocycles. The maximum atomic E-state index is 10.9. The summed E-state index contributed by atoms with van der Waals surface area (Å²) in [5.74, 6) is -0.981. The van der Waals surface area contributed by atoms with Crippen LogP contribution in [0.1, 0.15) is 13.8 Å². The van der Waals surface area contributed by atoms with Crippen LogP contribution < -0.4 is 0 Å². The number of likely N-dealkylation sites (N-methyl/N-ethyl adjacent to an activating group) is 2. The highest BCUT2D eigenvalue weighted by atomic mass is 16.4. The van der Waals surface area contributed by atoms with Gasteiger partial charge in [-0.2, -0.15) is 0 Å². The Morgan fingerprint density at radius 2 is 1.94 bits per heavy atom. The van der Waals surface area contributed by atoms with E-state index in [-0.39, 0.29) is 5.92 Å². The van der Waals surface area contributed by atoms with Crippen molar-refractivity contribution in [3.63, 3.8) is 0 Å². The fourth-order valence-electron chi connectivity index (χ4n) is 2.20. The van der Waals surface area contributed by atoms with Gasteiger partial charge in [-0.3, -0.25) is 9.69 Å². The van der Waals surface area contributed by atoms with E-state index in [1.54, 1.807) is 6.92 Å². The zero-order valence-electron chi connectivity index (χ0n) is 11.9. The molecule has 106 valence electrons. The van der Waals surface area contributed by atoms with E-state index in [0.29, 0.717) is 6.54 Å². The molecule has 1 rings (SSSR count). The molecule has 1 saturated heterocycles. The van der Waals surface area contributed by atoms with Gasteiger partial charge in [0.25, 0.3) is 0 Å². The lowest BCUT2D eigenvalue weighted by Gasteiger charge is -2.34. The number of rotatable bonds is 7. The highest BCUT2D eigenvalue weighted by Gasteiger charge is 2.17. The number of carbonyl (C=O) groups is 1. The van der Waals surface area contributed by atoms with Crippen LogP contribution in [-0.2, 0) is 4.79 Å². The molecule has 0 spiro atoms. The first-order chi connectivity index (χ1) is 8.52. The van der Waals surface area contributed by atoms with Gasteiger partial charge < -0.3 is 14.9 Å². The Labute approximate surface area is 110 Å². The summed E-state index contributed by atoms with van der Waals surface area (Å²) in [7, 11) is 2.16. The van der Waals surface area contributed by atoms with Gasteiger partial charge in [-0.25, -0.2) is 0 Å². The van der Waals surface area contributed by atoms with E-state index < -0.39 is 5.97 Å². The van der Waals surface area contributed by atoms with Crippen molar-refractivity contribution in [3.8, 4) is 0 Å². The third kappa shape index (κ3) is 5.33. The first-order valence-electron chi connectivity index (χ1n) is 6.89. The molecule has 5 nitrogen and oxygen atoms in total. The normalized spacial score (nSPS) is 20.2. The Bertz CT molecular complexity index is 253. The minimum atomic E-state index is -0.701. The van der Waals surface area contributed by atoms with Crippen molar-refractivity contribution < 1.29 is 9.90 Å². The minimum absolute atomic E-state index is 0.280. The molecule has 1 atom stereocenters. The second-order valence-corrected chi connectivity index (χ2v) is 5.28. The van der Waals surface area contributed by atoms with Crippen molar-refractivity contribution in [1.82, 2.24) is 14.7 Å². The molecule has 1 N–H and O–H groups in total. The fraction of sp³-hybridized carbons (Fsp3) is 0.923. The lowest BCUT2D eigenvalue weighted by molar-refractivity contribution is -0.141. The van der Waals surface area contributed by atoms with Crippen LogP contribution in [0.15, 0.2) is 0 Å². The van der Waals surface area contributed by atoms with Gasteiger partial charge in [0.1, 0.15) is 0 Å². The Kier molecular flexibility index (Phi) is 6.60. The largest absolute Gasteiger partial charge is 0.481 e. The van der Waals surface area contributed by atoms with E-state index in [1.165, 1.54) is 0 Å². The zero-order valence-corrected chi connectivity index (χ0v) is 11.9. The zero-order chi connectivity index (χ0) is 13.5. The van der Waals surface area contributed by atoms with E-state index >= 15 is 0 Å². The molecular weight excluding hydrogens is 230 g/mol.